The van der Waals surface area contributed by atoms with Crippen molar-refractivity contribution in [1.29, 1.82) is 0 Å². The van der Waals surface area contributed by atoms with Crippen LogP contribution in [0.4, 0.5) is 4.39 Å². The van der Waals surface area contributed by atoms with Gasteiger partial charge in [0.1, 0.15) is 5.82 Å². The second-order valence-corrected chi connectivity index (χ2v) is 5.49. The van der Waals surface area contributed by atoms with Crippen LogP contribution < -0.4 is 0 Å². The minimum absolute atomic E-state index is 0.0895. The Morgan fingerprint density at radius 2 is 1.60 bits per heavy atom. The lowest BCUT2D eigenvalue weighted by molar-refractivity contribution is 0.0976. The minimum atomic E-state index is -0.304. The summed E-state index contributed by atoms with van der Waals surface area (Å²) in [5.41, 5.74) is 0.599. The molecule has 0 aliphatic heterocycles. The van der Waals surface area contributed by atoms with E-state index >= 15 is 0 Å². The Morgan fingerprint density at radius 1 is 1.00 bits per heavy atom. The molecular formula is C16H25FN2O. The molecule has 1 rings (SSSR count). The van der Waals surface area contributed by atoms with Gasteiger partial charge in [-0.1, -0.05) is 0 Å². The van der Waals surface area contributed by atoms with Gasteiger partial charge in [0, 0.05) is 12.0 Å². The highest BCUT2D eigenvalue weighted by atomic mass is 19.1. The van der Waals surface area contributed by atoms with Gasteiger partial charge in [-0.15, -0.1) is 0 Å². The predicted molar refractivity (Wildman–Crippen MR) is 80.6 cm³/mol. The molecule has 0 atom stereocenters. The van der Waals surface area contributed by atoms with Gasteiger partial charge >= 0.3 is 0 Å². The summed E-state index contributed by atoms with van der Waals surface area (Å²) in [4.78, 5) is 16.3. The first-order chi connectivity index (χ1) is 9.49. The fourth-order valence-electron chi connectivity index (χ4n) is 2.06. The summed E-state index contributed by atoms with van der Waals surface area (Å²) in [5.74, 6) is -0.214. The Hall–Kier alpha value is -1.26. The lowest BCUT2D eigenvalue weighted by Gasteiger charge is -2.17. The van der Waals surface area contributed by atoms with E-state index in [1.807, 2.05) is 0 Å². The highest BCUT2D eigenvalue weighted by Gasteiger charge is 2.06. The molecule has 0 aliphatic carbocycles. The van der Waals surface area contributed by atoms with Gasteiger partial charge in [-0.25, -0.2) is 4.39 Å². The van der Waals surface area contributed by atoms with Crippen molar-refractivity contribution in [3.63, 3.8) is 0 Å². The molecule has 0 aliphatic rings. The summed E-state index contributed by atoms with van der Waals surface area (Å²) in [6, 6.07) is 5.78. The van der Waals surface area contributed by atoms with Crippen LogP contribution in [0, 0.1) is 5.82 Å². The van der Waals surface area contributed by atoms with Crippen LogP contribution in [0.3, 0.4) is 0 Å². The van der Waals surface area contributed by atoms with Crippen molar-refractivity contribution in [2.45, 2.75) is 19.3 Å². The molecule has 0 heterocycles. The van der Waals surface area contributed by atoms with Gasteiger partial charge in [-0.2, -0.15) is 0 Å². The average molecular weight is 280 g/mol. The predicted octanol–water partition coefficient (Wildman–Crippen LogP) is 2.67. The lowest BCUT2D eigenvalue weighted by atomic mass is 10.1. The molecule has 3 nitrogen and oxygen atoms in total. The van der Waals surface area contributed by atoms with Crippen LogP contribution in [-0.2, 0) is 0 Å². The topological polar surface area (TPSA) is 23.6 Å². The second kappa shape index (κ2) is 8.82. The number of hydrogen-bond acceptors (Lipinski definition) is 3. The van der Waals surface area contributed by atoms with Gasteiger partial charge in [0.25, 0.3) is 0 Å². The molecule has 20 heavy (non-hydrogen) atoms. The first kappa shape index (κ1) is 16.8. The number of hydrogen-bond donors (Lipinski definition) is 0. The zero-order valence-electron chi connectivity index (χ0n) is 12.7. The number of nitrogens with zero attached hydrogens (tertiary/aromatic N) is 2. The largest absolute Gasteiger partial charge is 0.309 e. The van der Waals surface area contributed by atoms with E-state index in [1.54, 1.807) is 12.1 Å². The van der Waals surface area contributed by atoms with Crippen LogP contribution in [0.25, 0.3) is 0 Å². The van der Waals surface area contributed by atoms with Gasteiger partial charge in [0.15, 0.2) is 5.78 Å². The number of halogens is 1. The second-order valence-electron chi connectivity index (χ2n) is 5.49. The molecule has 0 spiro atoms. The summed E-state index contributed by atoms with van der Waals surface area (Å²) in [7, 11) is 6.22. The fourth-order valence-corrected chi connectivity index (χ4v) is 2.06. The van der Waals surface area contributed by atoms with E-state index in [0.29, 0.717) is 12.0 Å². The Balaban J connectivity index is 2.20. The number of ketones is 1. The van der Waals surface area contributed by atoms with Crippen molar-refractivity contribution in [3.8, 4) is 0 Å². The third kappa shape index (κ3) is 6.78. The van der Waals surface area contributed by atoms with Crippen molar-refractivity contribution in [1.82, 2.24) is 9.80 Å². The first-order valence-corrected chi connectivity index (χ1v) is 7.11. The number of carbonyl (C=O) groups is 1. The lowest BCUT2D eigenvalue weighted by Crippen LogP contribution is -2.25. The third-order valence-electron chi connectivity index (χ3n) is 3.26. The van der Waals surface area contributed by atoms with Gasteiger partial charge < -0.3 is 9.80 Å². The molecule has 1 aromatic carbocycles. The molecule has 0 amide bonds. The maximum atomic E-state index is 12.8. The Bertz CT molecular complexity index is 403. The maximum absolute atomic E-state index is 12.8. The van der Waals surface area contributed by atoms with Gasteiger partial charge in [0.05, 0.1) is 0 Å². The van der Waals surface area contributed by atoms with E-state index in [9.17, 15) is 9.18 Å². The summed E-state index contributed by atoms with van der Waals surface area (Å²) in [5, 5.41) is 0. The molecule has 0 saturated heterocycles. The molecule has 4 heteroatoms. The minimum Gasteiger partial charge on any atom is -0.309 e. The van der Waals surface area contributed by atoms with E-state index in [-0.39, 0.29) is 11.6 Å². The fraction of sp³-hybridized carbons (Fsp3) is 0.562. The van der Waals surface area contributed by atoms with Crippen LogP contribution >= 0.6 is 0 Å². The number of rotatable bonds is 9. The Labute approximate surface area is 121 Å². The highest BCUT2D eigenvalue weighted by molar-refractivity contribution is 5.95. The van der Waals surface area contributed by atoms with E-state index in [1.165, 1.54) is 12.1 Å². The quantitative estimate of drug-likeness (QED) is 0.650. The summed E-state index contributed by atoms with van der Waals surface area (Å²) >= 11 is 0. The molecule has 0 N–H and O–H groups in total. The molecule has 0 unspecified atom stereocenters. The Morgan fingerprint density at radius 3 is 2.20 bits per heavy atom. The smallest absolute Gasteiger partial charge is 0.162 e. The Kier molecular flexibility index (Phi) is 7.41. The van der Waals surface area contributed by atoms with Gasteiger partial charge in [-0.05, 0) is 77.9 Å². The van der Waals surface area contributed by atoms with Crippen LogP contribution in [0.5, 0.6) is 0 Å². The highest BCUT2D eigenvalue weighted by Crippen LogP contribution is 2.07. The summed E-state index contributed by atoms with van der Waals surface area (Å²) < 4.78 is 12.8. The van der Waals surface area contributed by atoms with Crippen LogP contribution in [0.15, 0.2) is 24.3 Å². The standard InChI is InChI=1S/C16H25FN2O/c1-18(2)11-5-13-19(3)12-4-6-16(20)14-7-9-15(17)10-8-14/h7-10H,4-6,11-13H2,1-3H3. The summed E-state index contributed by atoms with van der Waals surface area (Å²) in [6.07, 6.45) is 2.49. The molecule has 112 valence electrons. The molecule has 0 radical (unpaired) electrons. The summed E-state index contributed by atoms with van der Waals surface area (Å²) in [6.45, 7) is 3.04. The normalized spacial score (nSPS) is 11.3. The zero-order chi connectivity index (χ0) is 15.0. The van der Waals surface area contributed by atoms with Crippen molar-refractivity contribution < 1.29 is 9.18 Å². The van der Waals surface area contributed by atoms with Crippen molar-refractivity contribution >= 4 is 5.78 Å². The number of carbonyl (C=O) groups excluding carboxylic acids is 1. The van der Waals surface area contributed by atoms with Gasteiger partial charge in [0.2, 0.25) is 0 Å². The van der Waals surface area contributed by atoms with Crippen LogP contribution in [0.1, 0.15) is 29.6 Å². The molecule has 0 aromatic heterocycles. The molecule has 0 bridgehead atoms. The van der Waals surface area contributed by atoms with Crippen LogP contribution in [0.2, 0.25) is 0 Å². The van der Waals surface area contributed by atoms with Crippen molar-refractivity contribution in [2.24, 2.45) is 0 Å². The molecular weight excluding hydrogens is 255 g/mol. The van der Waals surface area contributed by atoms with E-state index < -0.39 is 0 Å². The van der Waals surface area contributed by atoms with Crippen molar-refractivity contribution in [2.75, 3.05) is 40.8 Å². The van der Waals surface area contributed by atoms with Gasteiger partial charge in [-0.3, -0.25) is 4.79 Å². The monoisotopic (exact) mass is 280 g/mol. The van der Waals surface area contributed by atoms with E-state index in [0.717, 1.165) is 32.5 Å². The molecule has 0 saturated carbocycles. The maximum Gasteiger partial charge on any atom is 0.162 e. The van der Waals surface area contributed by atoms with Crippen LogP contribution in [-0.4, -0.2) is 56.4 Å². The third-order valence-corrected chi connectivity index (χ3v) is 3.26. The van der Waals surface area contributed by atoms with E-state index in [2.05, 4.69) is 30.9 Å². The number of Topliss-reactive ketones (excluding diaryl/α,β-unsaturated/α-hetero) is 1. The number of benzene rings is 1. The average Bonchev–Trinajstić information content (AvgIpc) is 2.39. The SMILES string of the molecule is CN(C)CCCN(C)CCCC(=O)c1ccc(F)cc1. The van der Waals surface area contributed by atoms with E-state index in [4.69, 9.17) is 0 Å². The zero-order valence-corrected chi connectivity index (χ0v) is 12.7. The first-order valence-electron chi connectivity index (χ1n) is 7.11. The molecule has 0 fully saturated rings. The molecule has 1 aromatic rings. The van der Waals surface area contributed by atoms with Crippen molar-refractivity contribution in [3.05, 3.63) is 35.6 Å².